The molecule has 3 aliphatic rings. The van der Waals surface area contributed by atoms with Crippen LogP contribution in [0.5, 0.6) is 0 Å². The lowest BCUT2D eigenvalue weighted by Gasteiger charge is -2.45. The van der Waals surface area contributed by atoms with Crippen LogP contribution < -0.4 is 0 Å². The van der Waals surface area contributed by atoms with Crippen molar-refractivity contribution >= 4 is 17.4 Å². The third kappa shape index (κ3) is 2.24. The minimum atomic E-state index is -2.88. The van der Waals surface area contributed by atoms with E-state index >= 15 is 0 Å². The lowest BCUT2D eigenvalue weighted by Crippen LogP contribution is -2.66. The molecule has 3 aromatic rings. The molecule has 0 radical (unpaired) electrons. The Morgan fingerprint density at radius 1 is 0.824 bits per heavy atom. The van der Waals surface area contributed by atoms with Gasteiger partial charge in [0.2, 0.25) is 11.3 Å². The van der Waals surface area contributed by atoms with Crippen LogP contribution in [0.15, 0.2) is 84.4 Å². The van der Waals surface area contributed by atoms with Crippen LogP contribution in [0.2, 0.25) is 0 Å². The molecular formula is C26H18FNO6. The molecule has 1 saturated heterocycles. The average molecular weight is 459 g/mol. The predicted molar refractivity (Wildman–Crippen MR) is 116 cm³/mol. The summed E-state index contributed by atoms with van der Waals surface area (Å²) in [7, 11) is 0. The van der Waals surface area contributed by atoms with Gasteiger partial charge >= 0.3 is 0 Å². The number of nitrogens with zero attached hydrogens (tertiary/aromatic N) is 1. The number of carbonyl (C=O) groups is 2. The highest BCUT2D eigenvalue weighted by molar-refractivity contribution is 6.48. The first-order chi connectivity index (χ1) is 16.2. The van der Waals surface area contributed by atoms with Crippen molar-refractivity contribution in [2.24, 2.45) is 0 Å². The van der Waals surface area contributed by atoms with Crippen LogP contribution >= 0.6 is 0 Å². The van der Waals surface area contributed by atoms with Gasteiger partial charge in [-0.05, 0) is 29.8 Å². The van der Waals surface area contributed by atoms with Gasteiger partial charge in [0.1, 0.15) is 11.6 Å². The van der Waals surface area contributed by atoms with E-state index in [1.165, 1.54) is 24.3 Å². The van der Waals surface area contributed by atoms with Gasteiger partial charge in [-0.2, -0.15) is 0 Å². The van der Waals surface area contributed by atoms with E-state index in [1.807, 2.05) is 0 Å². The molecule has 8 heteroatoms. The molecule has 0 saturated carbocycles. The van der Waals surface area contributed by atoms with Crippen molar-refractivity contribution in [3.8, 4) is 0 Å². The number of aliphatic hydroxyl groups is 3. The number of fused-ring (bicyclic) bond motifs is 2. The summed E-state index contributed by atoms with van der Waals surface area (Å²) in [6, 6.07) is 19.6. The summed E-state index contributed by atoms with van der Waals surface area (Å²) in [6.07, 6.45) is 0. The van der Waals surface area contributed by atoms with Crippen LogP contribution in [0.4, 0.5) is 4.39 Å². The number of ether oxygens (including phenoxy) is 1. The molecule has 2 atom stereocenters. The van der Waals surface area contributed by atoms with Gasteiger partial charge in [-0.25, -0.2) is 4.39 Å². The number of likely N-dealkylation sites (tertiary alicyclic amines) is 1. The summed E-state index contributed by atoms with van der Waals surface area (Å²) >= 11 is 0. The van der Waals surface area contributed by atoms with Gasteiger partial charge in [0.25, 0.3) is 17.5 Å². The number of hydrogen-bond donors (Lipinski definition) is 3. The summed E-state index contributed by atoms with van der Waals surface area (Å²) in [4.78, 5) is 27.8. The Hall–Kier alpha value is -3.85. The second-order valence-corrected chi connectivity index (χ2v) is 8.59. The quantitative estimate of drug-likeness (QED) is 0.408. The molecule has 1 fully saturated rings. The fraction of sp³-hybridized carbons (Fsp3) is 0.154. The summed E-state index contributed by atoms with van der Waals surface area (Å²) in [5, 5.41) is 35.3. The molecule has 3 N–H and O–H groups in total. The van der Waals surface area contributed by atoms with Crippen molar-refractivity contribution in [3.63, 3.8) is 0 Å². The molecule has 6 rings (SSSR count). The van der Waals surface area contributed by atoms with E-state index in [9.17, 15) is 29.3 Å². The standard InChI is InChI=1S/C26H18FNO6/c27-17-12-10-16(11-13-17)22-20-21(29)23(30)28(14-15-6-2-1-3-7-15)24(20)25(31,32)18-8-4-5-9-19(18)26(24,33)34-22/h1-13,31-33H,14H2. The first kappa shape index (κ1) is 20.7. The van der Waals surface area contributed by atoms with Crippen LogP contribution in [0.25, 0.3) is 5.76 Å². The number of benzene rings is 3. The van der Waals surface area contributed by atoms with Gasteiger partial charge < -0.3 is 25.0 Å². The van der Waals surface area contributed by atoms with E-state index in [1.54, 1.807) is 42.5 Å². The average Bonchev–Trinajstić information content (AvgIpc) is 3.31. The molecule has 34 heavy (non-hydrogen) atoms. The number of ketones is 1. The monoisotopic (exact) mass is 459 g/mol. The van der Waals surface area contributed by atoms with Crippen LogP contribution in [-0.4, -0.2) is 37.4 Å². The van der Waals surface area contributed by atoms with E-state index in [-0.39, 0.29) is 34.6 Å². The smallest absolute Gasteiger partial charge is 0.296 e. The zero-order chi connectivity index (χ0) is 23.9. The highest BCUT2D eigenvalue weighted by Crippen LogP contribution is 2.67. The summed E-state index contributed by atoms with van der Waals surface area (Å²) in [6.45, 7) is -0.200. The minimum Gasteiger partial charge on any atom is -0.454 e. The number of hydrogen-bond acceptors (Lipinski definition) is 6. The summed E-state index contributed by atoms with van der Waals surface area (Å²) in [5.41, 5.74) is -2.05. The molecule has 1 spiro atoms. The van der Waals surface area contributed by atoms with Crippen molar-refractivity contribution in [1.29, 1.82) is 0 Å². The Kier molecular flexibility index (Phi) is 4.03. The third-order valence-electron chi connectivity index (χ3n) is 6.86. The van der Waals surface area contributed by atoms with E-state index in [0.29, 0.717) is 5.56 Å². The van der Waals surface area contributed by atoms with Crippen LogP contribution in [-0.2, 0) is 32.4 Å². The molecule has 3 aromatic carbocycles. The third-order valence-corrected chi connectivity index (χ3v) is 6.86. The number of Topliss-reactive ketones (excluding diaryl/α,β-unsaturated/α-hetero) is 1. The second kappa shape index (κ2) is 6.60. The molecular weight excluding hydrogens is 441 g/mol. The zero-order valence-corrected chi connectivity index (χ0v) is 17.6. The number of rotatable bonds is 3. The lowest BCUT2D eigenvalue weighted by atomic mass is 9.78. The fourth-order valence-corrected chi connectivity index (χ4v) is 5.46. The first-order valence-electron chi connectivity index (χ1n) is 10.6. The maximum Gasteiger partial charge on any atom is 0.296 e. The van der Waals surface area contributed by atoms with Crippen LogP contribution in [0.3, 0.4) is 0 Å². The van der Waals surface area contributed by atoms with Gasteiger partial charge in [-0.1, -0.05) is 54.6 Å². The predicted octanol–water partition coefficient (Wildman–Crippen LogP) is 1.91. The maximum atomic E-state index is 13.6. The van der Waals surface area contributed by atoms with Crippen molar-refractivity contribution < 1.29 is 34.0 Å². The lowest BCUT2D eigenvalue weighted by molar-refractivity contribution is -0.313. The molecule has 1 amide bonds. The number of amides is 1. The molecule has 2 heterocycles. The molecule has 2 aliphatic heterocycles. The molecule has 1 aliphatic carbocycles. The Morgan fingerprint density at radius 3 is 2.12 bits per heavy atom. The Balaban J connectivity index is 1.68. The van der Waals surface area contributed by atoms with Crippen LogP contribution in [0.1, 0.15) is 22.3 Å². The second-order valence-electron chi connectivity index (χ2n) is 8.59. The largest absolute Gasteiger partial charge is 0.454 e. The number of halogens is 1. The molecule has 0 aromatic heterocycles. The first-order valence-corrected chi connectivity index (χ1v) is 10.6. The van der Waals surface area contributed by atoms with Crippen molar-refractivity contribution in [2.45, 2.75) is 23.7 Å². The molecule has 7 nitrogen and oxygen atoms in total. The fourth-order valence-electron chi connectivity index (χ4n) is 5.46. The topological polar surface area (TPSA) is 107 Å². The Morgan fingerprint density at radius 2 is 1.44 bits per heavy atom. The Labute approximate surface area is 193 Å². The van der Waals surface area contributed by atoms with E-state index in [4.69, 9.17) is 4.74 Å². The van der Waals surface area contributed by atoms with Crippen molar-refractivity contribution in [3.05, 3.63) is 113 Å². The molecule has 170 valence electrons. The maximum absolute atomic E-state index is 13.6. The SMILES string of the molecule is O=C1C(=O)N(Cc2ccccc2)C23C1=C(c1ccc(F)cc1)OC2(O)c1ccccc1C3(O)O. The minimum absolute atomic E-state index is 0.00942. The normalized spacial score (nSPS) is 26.4. The van der Waals surface area contributed by atoms with Gasteiger partial charge in [0, 0.05) is 23.2 Å². The van der Waals surface area contributed by atoms with E-state index < -0.39 is 34.6 Å². The summed E-state index contributed by atoms with van der Waals surface area (Å²) in [5.74, 6) is -8.18. The Bertz CT molecular complexity index is 1400. The highest BCUT2D eigenvalue weighted by Gasteiger charge is 2.85. The van der Waals surface area contributed by atoms with Gasteiger partial charge in [0.15, 0.2) is 0 Å². The summed E-state index contributed by atoms with van der Waals surface area (Å²) < 4.78 is 19.6. The number of carbonyl (C=O) groups excluding carboxylic acids is 2. The highest BCUT2D eigenvalue weighted by atomic mass is 19.1. The van der Waals surface area contributed by atoms with E-state index in [0.717, 1.165) is 17.0 Å². The van der Waals surface area contributed by atoms with Gasteiger partial charge in [0.05, 0.1) is 5.57 Å². The molecule has 2 unspecified atom stereocenters. The van der Waals surface area contributed by atoms with Gasteiger partial charge in [-0.15, -0.1) is 0 Å². The molecule has 0 bridgehead atoms. The van der Waals surface area contributed by atoms with Gasteiger partial charge in [-0.3, -0.25) is 9.59 Å². The van der Waals surface area contributed by atoms with Crippen molar-refractivity contribution in [1.82, 2.24) is 4.90 Å². The van der Waals surface area contributed by atoms with Crippen LogP contribution in [0, 0.1) is 5.82 Å². The van der Waals surface area contributed by atoms with Crippen molar-refractivity contribution in [2.75, 3.05) is 0 Å². The van der Waals surface area contributed by atoms with E-state index in [2.05, 4.69) is 0 Å². The zero-order valence-electron chi connectivity index (χ0n) is 17.6.